The molecule has 0 amide bonds. The van der Waals surface area contributed by atoms with Crippen LogP contribution in [-0.2, 0) is 42.1 Å². The van der Waals surface area contributed by atoms with Crippen molar-refractivity contribution in [3.8, 4) is 0 Å². The second-order valence-corrected chi connectivity index (χ2v) is 18.9. The predicted molar refractivity (Wildman–Crippen MR) is 264 cm³/mol. The van der Waals surface area contributed by atoms with Gasteiger partial charge in [-0.15, -0.1) is 25.8 Å². The molecule has 0 bridgehead atoms. The van der Waals surface area contributed by atoms with Crippen LogP contribution >= 0.6 is 0 Å². The maximum Gasteiger partial charge on any atom is 4.00 e. The van der Waals surface area contributed by atoms with Gasteiger partial charge in [0.1, 0.15) is 0 Å². The van der Waals surface area contributed by atoms with Crippen LogP contribution < -0.4 is 0 Å². The van der Waals surface area contributed by atoms with Gasteiger partial charge >= 0.3 is 42.1 Å². The number of benzene rings is 2. The van der Waals surface area contributed by atoms with E-state index in [-0.39, 0.29) is 42.1 Å². The Bertz CT molecular complexity index is 1270. The molecule has 10 rings (SSSR count). The standard InChI is InChI=1S/C32H52N6.2C6H11.2C6H5.2Pt/c1-5-21-33-29(9-1)37(30-10-2-6-22-34-30)27-17-13-25(14-18-27)26-15-19-28(20-16-26)38(31-11-3-7-23-35-31)32-12-4-8-24-36-32;4*1-2-4-6-5-3-1;;/h1,5,9,25-28,30-32H,2-4,6-8,10-24H2;2*1H,2-6H2;2*1-5H;;/q-4;4*-1;2*+4. The van der Waals surface area contributed by atoms with Crippen molar-refractivity contribution < 1.29 is 42.1 Å². The molecule has 3 atom stereocenters. The molecule has 4 saturated carbocycles. The van der Waals surface area contributed by atoms with Gasteiger partial charge in [-0.25, -0.2) is 0 Å². The maximum absolute atomic E-state index is 5.13. The van der Waals surface area contributed by atoms with Crippen LogP contribution in [0.15, 0.2) is 84.7 Å². The Balaban J connectivity index is 0.000000277. The molecular weight excluding hydrogens is 1150 g/mol. The molecule has 64 heavy (non-hydrogen) atoms. The fraction of sp³-hybridized carbons (Fsp3) is 0.679. The summed E-state index contributed by atoms with van der Waals surface area (Å²) in [6, 6.07) is 26.3. The van der Waals surface area contributed by atoms with Gasteiger partial charge in [0.15, 0.2) is 0 Å². The summed E-state index contributed by atoms with van der Waals surface area (Å²) in [5, 5.41) is 20.2. The van der Waals surface area contributed by atoms with Crippen molar-refractivity contribution in [1.82, 2.24) is 9.80 Å². The molecule has 4 aliphatic heterocycles. The van der Waals surface area contributed by atoms with Gasteiger partial charge in [-0.05, 0) is 50.1 Å². The molecule has 6 nitrogen and oxygen atoms in total. The van der Waals surface area contributed by atoms with Crippen LogP contribution in [0, 0.1) is 36.8 Å². The summed E-state index contributed by atoms with van der Waals surface area (Å²) in [6.45, 7) is 3.99. The van der Waals surface area contributed by atoms with Gasteiger partial charge in [0, 0.05) is 6.04 Å². The molecule has 4 aliphatic carbocycles. The Morgan fingerprint density at radius 3 is 1.20 bits per heavy atom. The first-order chi connectivity index (χ1) is 30.9. The third-order valence-corrected chi connectivity index (χ3v) is 14.5. The Hall–Kier alpha value is -1.26. The van der Waals surface area contributed by atoms with E-state index in [1.807, 2.05) is 60.7 Å². The van der Waals surface area contributed by atoms with E-state index in [0.717, 1.165) is 38.0 Å². The van der Waals surface area contributed by atoms with E-state index < -0.39 is 0 Å². The minimum atomic E-state index is 0. The summed E-state index contributed by atoms with van der Waals surface area (Å²) in [4.78, 5) is 5.47. The van der Waals surface area contributed by atoms with Crippen molar-refractivity contribution in [2.24, 2.45) is 11.8 Å². The van der Waals surface area contributed by atoms with Crippen molar-refractivity contribution >= 4 is 0 Å². The zero-order valence-electron chi connectivity index (χ0n) is 39.4. The molecule has 0 radical (unpaired) electrons. The number of nitrogens with zero attached hydrogens (tertiary/aromatic N) is 6. The van der Waals surface area contributed by atoms with E-state index in [1.165, 1.54) is 179 Å². The van der Waals surface area contributed by atoms with E-state index in [2.05, 4.69) is 53.0 Å². The molecule has 3 unspecified atom stereocenters. The molecule has 7 fully saturated rings. The summed E-state index contributed by atoms with van der Waals surface area (Å²) in [7, 11) is 0. The third-order valence-electron chi connectivity index (χ3n) is 14.5. The van der Waals surface area contributed by atoms with Crippen LogP contribution in [0.4, 0.5) is 0 Å². The summed E-state index contributed by atoms with van der Waals surface area (Å²) >= 11 is 0. The Labute approximate surface area is 422 Å². The second kappa shape index (κ2) is 34.9. The van der Waals surface area contributed by atoms with Gasteiger partial charge in [-0.1, -0.05) is 158 Å². The summed E-state index contributed by atoms with van der Waals surface area (Å²) < 4.78 is 0. The number of allylic oxidation sites excluding steroid dienone is 2. The topological polar surface area (TPSA) is 62.9 Å². The van der Waals surface area contributed by atoms with E-state index in [9.17, 15) is 0 Å². The quantitative estimate of drug-likeness (QED) is 0.259. The van der Waals surface area contributed by atoms with E-state index >= 15 is 0 Å². The Morgan fingerprint density at radius 1 is 0.453 bits per heavy atom. The number of rotatable bonds is 7. The predicted octanol–water partition coefficient (Wildman–Crippen LogP) is 15.4. The molecule has 2 aromatic carbocycles. The first-order valence-electron chi connectivity index (χ1n) is 25.9. The van der Waals surface area contributed by atoms with Gasteiger partial charge in [0.05, 0.1) is 0 Å². The van der Waals surface area contributed by atoms with Crippen LogP contribution in [-0.4, -0.2) is 66.6 Å². The van der Waals surface area contributed by atoms with Crippen molar-refractivity contribution in [2.45, 2.75) is 204 Å². The van der Waals surface area contributed by atoms with Crippen molar-refractivity contribution in [1.29, 1.82) is 0 Å². The largest absolute Gasteiger partial charge is 4.00 e. The summed E-state index contributed by atoms with van der Waals surface area (Å²) in [6.07, 6.45) is 49.4. The van der Waals surface area contributed by atoms with Gasteiger partial charge in [-0.2, -0.15) is 98.5 Å². The molecule has 0 N–H and O–H groups in total. The van der Waals surface area contributed by atoms with Gasteiger partial charge < -0.3 is 43.9 Å². The molecule has 8 heteroatoms. The van der Waals surface area contributed by atoms with Crippen LogP contribution in [0.5, 0.6) is 0 Å². The second-order valence-electron chi connectivity index (χ2n) is 18.9. The fourth-order valence-corrected chi connectivity index (χ4v) is 11.1. The average Bonchev–Trinajstić information content (AvgIpc) is 3.39. The van der Waals surface area contributed by atoms with Gasteiger partial charge in [0.25, 0.3) is 0 Å². The molecule has 0 aromatic heterocycles. The molecule has 3 saturated heterocycles. The Kier molecular flexibility index (Phi) is 30.2. The Morgan fingerprint density at radius 2 is 0.891 bits per heavy atom. The van der Waals surface area contributed by atoms with Crippen molar-refractivity contribution in [2.75, 3.05) is 26.2 Å². The number of hydrogen-bond donors (Lipinski definition) is 0. The molecule has 2 aromatic rings. The monoisotopic (exact) mass is 1230 g/mol. The fourth-order valence-electron chi connectivity index (χ4n) is 11.1. The van der Waals surface area contributed by atoms with Crippen molar-refractivity contribution in [3.63, 3.8) is 0 Å². The van der Waals surface area contributed by atoms with E-state index in [4.69, 9.17) is 21.3 Å². The molecular formula is C56H84N6Pt2. The third kappa shape index (κ3) is 20.5. The van der Waals surface area contributed by atoms with E-state index in [1.54, 1.807) is 0 Å². The molecule has 4 heterocycles. The summed E-state index contributed by atoms with van der Waals surface area (Å²) in [5.74, 6) is 3.05. The van der Waals surface area contributed by atoms with Crippen molar-refractivity contribution in [3.05, 3.63) is 131 Å². The first kappa shape index (κ1) is 55.3. The van der Waals surface area contributed by atoms with Gasteiger partial charge in [0.2, 0.25) is 0 Å². The normalized spacial score (nSPS) is 29.1. The minimum absolute atomic E-state index is 0. The minimum Gasteiger partial charge on any atom is -0.660 e. The SMILES string of the molecule is C1=CC[N-]C(N(C2CCC(C3CCC(N(C4CCCC[N-]4)C4CCCC[N-]4)CC3)CC2)C2CCCC[N-]2)=C1.[CH-]1CCCCC1.[CH-]1CCCCC1.[Pt+4].[Pt+4].[c-]1ccccc1.[c-]1ccccc1. The molecule has 8 aliphatic rings. The summed E-state index contributed by atoms with van der Waals surface area (Å²) in [5.41, 5.74) is 0. The maximum atomic E-state index is 5.13. The van der Waals surface area contributed by atoms with E-state index in [0.29, 0.717) is 30.6 Å². The molecule has 0 spiro atoms. The molecule has 358 valence electrons. The first-order valence-corrected chi connectivity index (χ1v) is 25.9. The van der Waals surface area contributed by atoms with Gasteiger partial charge in [-0.3, -0.25) is 0 Å². The van der Waals surface area contributed by atoms with Crippen LogP contribution in [0.25, 0.3) is 21.3 Å². The number of piperidine rings is 3. The average molecular weight is 1230 g/mol. The van der Waals surface area contributed by atoms with Crippen LogP contribution in [0.2, 0.25) is 0 Å². The van der Waals surface area contributed by atoms with Crippen LogP contribution in [0.3, 0.4) is 0 Å². The zero-order valence-corrected chi connectivity index (χ0v) is 44.0. The smallest absolute Gasteiger partial charge is 0.660 e. The number of hydrogen-bond acceptors (Lipinski definition) is 2. The van der Waals surface area contributed by atoms with Crippen LogP contribution in [0.1, 0.15) is 173 Å². The zero-order chi connectivity index (χ0) is 42.5.